The van der Waals surface area contributed by atoms with Gasteiger partial charge >= 0.3 is 0 Å². The molecule has 0 saturated carbocycles. The quantitative estimate of drug-likeness (QED) is 0.762. The molecule has 1 aliphatic rings. The second kappa shape index (κ2) is 4.65. The van der Waals surface area contributed by atoms with E-state index in [-0.39, 0.29) is 11.9 Å². The molecule has 1 aliphatic heterocycles. The number of nitrogens with one attached hydrogen (secondary N) is 2. The molecule has 0 unspecified atom stereocenters. The van der Waals surface area contributed by atoms with Gasteiger partial charge in [-0.05, 0) is 26.3 Å². The molecular formula is C11H18N4O. The van der Waals surface area contributed by atoms with Crippen LogP contribution in [0.4, 0.5) is 0 Å². The monoisotopic (exact) mass is 222 g/mol. The van der Waals surface area contributed by atoms with Gasteiger partial charge in [0.1, 0.15) is 0 Å². The third-order valence-electron chi connectivity index (χ3n) is 2.94. The van der Waals surface area contributed by atoms with Crippen molar-refractivity contribution in [2.75, 3.05) is 6.54 Å². The lowest BCUT2D eigenvalue weighted by atomic mass is 10.2. The maximum absolute atomic E-state index is 11.7. The Kier molecular flexibility index (Phi) is 3.24. The van der Waals surface area contributed by atoms with Crippen molar-refractivity contribution in [1.29, 1.82) is 0 Å². The summed E-state index contributed by atoms with van der Waals surface area (Å²) >= 11 is 0. The fourth-order valence-electron chi connectivity index (χ4n) is 2.04. The molecule has 16 heavy (non-hydrogen) atoms. The molecule has 1 fully saturated rings. The Hall–Kier alpha value is -1.36. The number of aromatic nitrogens is 2. The zero-order valence-electron chi connectivity index (χ0n) is 9.79. The highest BCUT2D eigenvalue weighted by molar-refractivity contribution is 5.81. The molecule has 0 bridgehead atoms. The lowest BCUT2D eigenvalue weighted by molar-refractivity contribution is -0.122. The Morgan fingerprint density at radius 3 is 3.12 bits per heavy atom. The minimum absolute atomic E-state index is 0.00280. The highest BCUT2D eigenvalue weighted by Crippen LogP contribution is 2.07. The van der Waals surface area contributed by atoms with E-state index in [1.807, 2.05) is 20.2 Å². The Morgan fingerprint density at radius 2 is 2.56 bits per heavy atom. The zero-order valence-corrected chi connectivity index (χ0v) is 9.79. The number of hydrogen-bond acceptors (Lipinski definition) is 3. The Morgan fingerprint density at radius 1 is 1.75 bits per heavy atom. The predicted octanol–water partition coefficient (Wildman–Crippen LogP) is 0.0967. The van der Waals surface area contributed by atoms with E-state index in [4.69, 9.17) is 0 Å². The van der Waals surface area contributed by atoms with Crippen molar-refractivity contribution >= 4 is 5.91 Å². The molecule has 1 amide bonds. The van der Waals surface area contributed by atoms with Crippen LogP contribution in [0.5, 0.6) is 0 Å². The summed E-state index contributed by atoms with van der Waals surface area (Å²) in [5, 5.41) is 10.4. The number of carbonyl (C=O) groups is 1. The number of nitrogens with zero attached hydrogens (tertiary/aromatic N) is 2. The van der Waals surface area contributed by atoms with Gasteiger partial charge in [0.05, 0.1) is 11.7 Å². The van der Waals surface area contributed by atoms with Crippen LogP contribution in [0.15, 0.2) is 6.20 Å². The van der Waals surface area contributed by atoms with E-state index >= 15 is 0 Å². The van der Waals surface area contributed by atoms with Gasteiger partial charge in [0.15, 0.2) is 0 Å². The number of rotatable bonds is 3. The van der Waals surface area contributed by atoms with Crippen LogP contribution in [0.1, 0.15) is 24.1 Å². The normalized spacial score (nSPS) is 20.0. The largest absolute Gasteiger partial charge is 0.351 e. The topological polar surface area (TPSA) is 59.0 Å². The molecule has 0 aliphatic carbocycles. The summed E-state index contributed by atoms with van der Waals surface area (Å²) in [7, 11) is 1.89. The summed E-state index contributed by atoms with van der Waals surface area (Å²) in [6, 6.07) is -0.00280. The standard InChI is InChI=1S/C11H18N4O/c1-8-9(7-15(2)14-8)6-13-11(16)10-4-3-5-12-10/h7,10,12H,3-6H2,1-2H3,(H,13,16)/t10-/m0/s1. The lowest BCUT2D eigenvalue weighted by Crippen LogP contribution is -2.40. The zero-order chi connectivity index (χ0) is 11.5. The number of amides is 1. The minimum atomic E-state index is -0.00280. The predicted molar refractivity (Wildman–Crippen MR) is 60.8 cm³/mol. The number of hydrogen-bond donors (Lipinski definition) is 2. The van der Waals surface area contributed by atoms with Crippen molar-refractivity contribution in [3.05, 3.63) is 17.5 Å². The molecule has 0 radical (unpaired) electrons. The smallest absolute Gasteiger partial charge is 0.237 e. The van der Waals surface area contributed by atoms with Crippen molar-refractivity contribution in [2.24, 2.45) is 7.05 Å². The van der Waals surface area contributed by atoms with Gasteiger partial charge in [-0.1, -0.05) is 0 Å². The van der Waals surface area contributed by atoms with Crippen LogP contribution >= 0.6 is 0 Å². The highest BCUT2D eigenvalue weighted by atomic mass is 16.2. The fraction of sp³-hybridized carbons (Fsp3) is 0.636. The van der Waals surface area contributed by atoms with Crippen molar-refractivity contribution in [3.63, 3.8) is 0 Å². The average Bonchev–Trinajstić information content (AvgIpc) is 2.84. The van der Waals surface area contributed by atoms with E-state index in [0.717, 1.165) is 30.6 Å². The molecule has 5 heteroatoms. The molecule has 5 nitrogen and oxygen atoms in total. The average molecular weight is 222 g/mol. The van der Waals surface area contributed by atoms with Gasteiger partial charge in [0.2, 0.25) is 5.91 Å². The molecule has 2 heterocycles. The Balaban J connectivity index is 1.87. The summed E-state index contributed by atoms with van der Waals surface area (Å²) in [5.74, 6) is 0.0979. The van der Waals surface area contributed by atoms with Crippen LogP contribution in [0.2, 0.25) is 0 Å². The van der Waals surface area contributed by atoms with Gasteiger partial charge in [-0.3, -0.25) is 9.48 Å². The summed E-state index contributed by atoms with van der Waals surface area (Å²) < 4.78 is 1.77. The van der Waals surface area contributed by atoms with E-state index in [0.29, 0.717) is 6.54 Å². The Bertz CT molecular complexity index is 379. The molecule has 1 saturated heterocycles. The molecule has 1 aromatic rings. The molecule has 88 valence electrons. The first-order valence-electron chi connectivity index (χ1n) is 5.67. The third-order valence-corrected chi connectivity index (χ3v) is 2.94. The first kappa shape index (κ1) is 11.1. The van der Waals surface area contributed by atoms with E-state index in [1.165, 1.54) is 0 Å². The maximum Gasteiger partial charge on any atom is 0.237 e. The number of carbonyl (C=O) groups excluding carboxylic acids is 1. The van der Waals surface area contributed by atoms with Crippen molar-refractivity contribution in [1.82, 2.24) is 20.4 Å². The third kappa shape index (κ3) is 2.41. The maximum atomic E-state index is 11.7. The van der Waals surface area contributed by atoms with Crippen molar-refractivity contribution in [3.8, 4) is 0 Å². The summed E-state index contributed by atoms with van der Waals surface area (Å²) in [6.45, 7) is 3.47. The summed E-state index contributed by atoms with van der Waals surface area (Å²) in [4.78, 5) is 11.7. The molecule has 1 aromatic heterocycles. The first-order chi connectivity index (χ1) is 7.66. The SMILES string of the molecule is Cc1nn(C)cc1CNC(=O)[C@@H]1CCCN1. The van der Waals surface area contributed by atoms with Gasteiger partial charge in [-0.2, -0.15) is 5.10 Å². The van der Waals surface area contributed by atoms with Gasteiger partial charge < -0.3 is 10.6 Å². The molecule has 1 atom stereocenters. The van der Waals surface area contributed by atoms with E-state index in [2.05, 4.69) is 15.7 Å². The van der Waals surface area contributed by atoms with Crippen molar-refractivity contribution < 1.29 is 4.79 Å². The molecule has 0 spiro atoms. The first-order valence-corrected chi connectivity index (χ1v) is 5.67. The van der Waals surface area contributed by atoms with Crippen LogP contribution in [0.25, 0.3) is 0 Å². The molecular weight excluding hydrogens is 204 g/mol. The number of aryl methyl sites for hydroxylation is 2. The molecule has 0 aromatic carbocycles. The fourth-order valence-corrected chi connectivity index (χ4v) is 2.04. The van der Waals surface area contributed by atoms with Gasteiger partial charge in [0.25, 0.3) is 0 Å². The highest BCUT2D eigenvalue weighted by Gasteiger charge is 2.21. The van der Waals surface area contributed by atoms with Gasteiger partial charge in [-0.15, -0.1) is 0 Å². The molecule has 2 N–H and O–H groups in total. The van der Waals surface area contributed by atoms with Crippen LogP contribution in [-0.4, -0.2) is 28.3 Å². The van der Waals surface area contributed by atoms with Gasteiger partial charge in [-0.25, -0.2) is 0 Å². The lowest BCUT2D eigenvalue weighted by Gasteiger charge is -2.10. The summed E-state index contributed by atoms with van der Waals surface area (Å²) in [5.41, 5.74) is 2.05. The van der Waals surface area contributed by atoms with Crippen LogP contribution in [0.3, 0.4) is 0 Å². The van der Waals surface area contributed by atoms with E-state index < -0.39 is 0 Å². The van der Waals surface area contributed by atoms with Crippen LogP contribution in [-0.2, 0) is 18.4 Å². The Labute approximate surface area is 95.2 Å². The van der Waals surface area contributed by atoms with Crippen LogP contribution < -0.4 is 10.6 Å². The minimum Gasteiger partial charge on any atom is -0.351 e. The second-order valence-corrected chi connectivity index (χ2v) is 4.28. The second-order valence-electron chi connectivity index (χ2n) is 4.28. The molecule has 2 rings (SSSR count). The van der Waals surface area contributed by atoms with Crippen LogP contribution in [0, 0.1) is 6.92 Å². The van der Waals surface area contributed by atoms with E-state index in [1.54, 1.807) is 4.68 Å². The van der Waals surface area contributed by atoms with E-state index in [9.17, 15) is 4.79 Å². The van der Waals surface area contributed by atoms with Crippen molar-refractivity contribution in [2.45, 2.75) is 32.4 Å². The summed E-state index contributed by atoms with van der Waals surface area (Å²) in [6.07, 6.45) is 3.97. The van der Waals surface area contributed by atoms with Gasteiger partial charge in [0, 0.05) is 25.4 Å².